The van der Waals surface area contributed by atoms with Crippen molar-refractivity contribution in [1.29, 1.82) is 0 Å². The lowest BCUT2D eigenvalue weighted by molar-refractivity contribution is -0.385. The number of benzene rings is 1. The lowest BCUT2D eigenvalue weighted by Gasteiger charge is -2.05. The van der Waals surface area contributed by atoms with Crippen molar-refractivity contribution < 1.29 is 9.34 Å². The minimum Gasteiger partial charge on any atom is -0.465 e. The van der Waals surface area contributed by atoms with E-state index < -0.39 is 0 Å². The van der Waals surface area contributed by atoms with Gasteiger partial charge in [-0.05, 0) is 53.8 Å². The first-order valence-electron chi connectivity index (χ1n) is 5.29. The molecule has 18 heavy (non-hydrogen) atoms. The number of nitro groups is 1. The van der Waals surface area contributed by atoms with Crippen LogP contribution in [-0.4, -0.2) is 4.92 Å². The topological polar surface area (TPSA) is 68.3 Å². The lowest BCUT2D eigenvalue weighted by atomic mass is 10.3. The molecule has 0 atom stereocenters. The molecule has 1 heterocycles. The second kappa shape index (κ2) is 5.38. The van der Waals surface area contributed by atoms with Crippen molar-refractivity contribution in [1.82, 2.24) is 0 Å². The molecule has 0 amide bonds. The Kier molecular flexibility index (Phi) is 3.85. The monoisotopic (exact) mass is 358 g/mol. The molecule has 0 fully saturated rings. The number of hydrogen-bond acceptors (Lipinski definition) is 4. The number of aryl methyl sites for hydroxylation is 1. The average molecular weight is 358 g/mol. The molecule has 0 bridgehead atoms. The van der Waals surface area contributed by atoms with Crippen molar-refractivity contribution in [2.45, 2.75) is 13.5 Å². The molecule has 2 aromatic rings. The molecule has 94 valence electrons. The van der Waals surface area contributed by atoms with Crippen molar-refractivity contribution >= 4 is 34.0 Å². The van der Waals surface area contributed by atoms with Gasteiger partial charge in [-0.25, -0.2) is 0 Å². The van der Waals surface area contributed by atoms with Gasteiger partial charge < -0.3 is 9.73 Å². The first kappa shape index (κ1) is 12.9. The molecule has 5 nitrogen and oxygen atoms in total. The summed E-state index contributed by atoms with van der Waals surface area (Å²) in [7, 11) is 0. The van der Waals surface area contributed by atoms with Gasteiger partial charge in [0.05, 0.1) is 15.0 Å². The summed E-state index contributed by atoms with van der Waals surface area (Å²) in [5, 5.41) is 13.8. The number of nitrogens with zero attached hydrogens (tertiary/aromatic N) is 1. The molecule has 0 aliphatic rings. The number of nitro benzene ring substituents is 1. The van der Waals surface area contributed by atoms with Gasteiger partial charge >= 0.3 is 0 Å². The van der Waals surface area contributed by atoms with Crippen molar-refractivity contribution in [3.05, 3.63) is 55.5 Å². The molecule has 6 heteroatoms. The maximum absolute atomic E-state index is 10.7. The van der Waals surface area contributed by atoms with E-state index in [-0.39, 0.29) is 10.6 Å². The van der Waals surface area contributed by atoms with Crippen molar-refractivity contribution in [3.8, 4) is 0 Å². The SMILES string of the molecule is Cc1ccc(CNc2ccc([N+](=O)[O-])c(I)c2)o1. The Morgan fingerprint density at radius 1 is 1.39 bits per heavy atom. The maximum Gasteiger partial charge on any atom is 0.282 e. The molecule has 1 N–H and O–H groups in total. The highest BCUT2D eigenvalue weighted by Gasteiger charge is 2.11. The standard InChI is InChI=1S/C12H11IN2O3/c1-8-2-4-10(18-8)7-14-9-3-5-12(15(16)17)11(13)6-9/h2-6,14H,7H2,1H3. The fourth-order valence-corrected chi connectivity index (χ4v) is 2.25. The summed E-state index contributed by atoms with van der Waals surface area (Å²) < 4.78 is 6.03. The van der Waals surface area contributed by atoms with E-state index in [2.05, 4.69) is 5.32 Å². The van der Waals surface area contributed by atoms with Crippen LogP contribution in [0.5, 0.6) is 0 Å². The Bertz CT molecular complexity index is 580. The molecule has 0 unspecified atom stereocenters. The molecule has 1 aromatic heterocycles. The van der Waals surface area contributed by atoms with Crippen LogP contribution in [0, 0.1) is 20.6 Å². The Labute approximate surface area is 117 Å². The predicted molar refractivity (Wildman–Crippen MR) is 76.6 cm³/mol. The largest absolute Gasteiger partial charge is 0.465 e. The normalized spacial score (nSPS) is 10.3. The molecule has 1 aromatic carbocycles. The molecular formula is C12H11IN2O3. The molecule has 0 spiro atoms. The van der Waals surface area contributed by atoms with E-state index in [0.29, 0.717) is 10.1 Å². The number of halogens is 1. The Balaban J connectivity index is 2.06. The van der Waals surface area contributed by atoms with E-state index in [4.69, 9.17) is 4.42 Å². The van der Waals surface area contributed by atoms with Gasteiger partial charge in [0.1, 0.15) is 11.5 Å². The van der Waals surface area contributed by atoms with Crippen LogP contribution in [-0.2, 0) is 6.54 Å². The van der Waals surface area contributed by atoms with Crippen LogP contribution in [0.1, 0.15) is 11.5 Å². The van der Waals surface area contributed by atoms with E-state index in [1.54, 1.807) is 12.1 Å². The van der Waals surface area contributed by atoms with Crippen molar-refractivity contribution in [2.24, 2.45) is 0 Å². The van der Waals surface area contributed by atoms with E-state index in [9.17, 15) is 10.1 Å². The highest BCUT2D eigenvalue weighted by Crippen LogP contribution is 2.24. The summed E-state index contributed by atoms with van der Waals surface area (Å²) in [6.45, 7) is 2.44. The zero-order chi connectivity index (χ0) is 13.1. The number of furan rings is 1. The van der Waals surface area contributed by atoms with Gasteiger partial charge in [-0.3, -0.25) is 10.1 Å². The minimum atomic E-state index is -0.387. The average Bonchev–Trinajstić information content (AvgIpc) is 2.72. The molecule has 0 radical (unpaired) electrons. The number of hydrogen-bond donors (Lipinski definition) is 1. The van der Waals surface area contributed by atoms with Crippen molar-refractivity contribution in [3.63, 3.8) is 0 Å². The highest BCUT2D eigenvalue weighted by atomic mass is 127. The molecule has 0 aliphatic heterocycles. The zero-order valence-corrected chi connectivity index (χ0v) is 11.8. The summed E-state index contributed by atoms with van der Waals surface area (Å²) in [6, 6.07) is 8.73. The highest BCUT2D eigenvalue weighted by molar-refractivity contribution is 14.1. The van der Waals surface area contributed by atoms with Crippen LogP contribution in [0.3, 0.4) is 0 Å². The second-order valence-electron chi connectivity index (χ2n) is 3.79. The van der Waals surface area contributed by atoms with E-state index in [1.165, 1.54) is 6.07 Å². The molecular weight excluding hydrogens is 347 g/mol. The quantitative estimate of drug-likeness (QED) is 0.514. The van der Waals surface area contributed by atoms with E-state index in [1.807, 2.05) is 41.6 Å². The number of rotatable bonds is 4. The second-order valence-corrected chi connectivity index (χ2v) is 4.95. The number of nitrogens with one attached hydrogen (secondary N) is 1. The fourth-order valence-electron chi connectivity index (χ4n) is 1.53. The molecule has 2 rings (SSSR count). The Morgan fingerprint density at radius 2 is 2.17 bits per heavy atom. The third-order valence-electron chi connectivity index (χ3n) is 2.41. The summed E-state index contributed by atoms with van der Waals surface area (Å²) in [5.74, 6) is 1.70. The summed E-state index contributed by atoms with van der Waals surface area (Å²) in [4.78, 5) is 10.3. The van der Waals surface area contributed by atoms with Crippen LogP contribution >= 0.6 is 22.6 Å². The van der Waals surface area contributed by atoms with Gasteiger partial charge in [-0.2, -0.15) is 0 Å². The summed E-state index contributed by atoms with van der Waals surface area (Å²) in [6.07, 6.45) is 0. The summed E-state index contributed by atoms with van der Waals surface area (Å²) >= 11 is 1.95. The van der Waals surface area contributed by atoms with Crippen LogP contribution in [0.4, 0.5) is 11.4 Å². The van der Waals surface area contributed by atoms with Crippen LogP contribution in [0.25, 0.3) is 0 Å². The third kappa shape index (κ3) is 3.00. The smallest absolute Gasteiger partial charge is 0.282 e. The molecule has 0 saturated carbocycles. The Morgan fingerprint density at radius 3 is 2.72 bits per heavy atom. The van der Waals surface area contributed by atoms with Crippen LogP contribution < -0.4 is 5.32 Å². The fraction of sp³-hybridized carbons (Fsp3) is 0.167. The van der Waals surface area contributed by atoms with Crippen LogP contribution in [0.2, 0.25) is 0 Å². The van der Waals surface area contributed by atoms with Crippen molar-refractivity contribution in [2.75, 3.05) is 5.32 Å². The lowest BCUT2D eigenvalue weighted by Crippen LogP contribution is -1.99. The van der Waals surface area contributed by atoms with Gasteiger partial charge in [0.15, 0.2) is 0 Å². The summed E-state index contributed by atoms with van der Waals surface area (Å²) in [5.41, 5.74) is 0.953. The first-order chi connectivity index (χ1) is 8.56. The van der Waals surface area contributed by atoms with Crippen LogP contribution in [0.15, 0.2) is 34.7 Å². The Hall–Kier alpha value is -1.57. The molecule has 0 aliphatic carbocycles. The zero-order valence-electron chi connectivity index (χ0n) is 9.64. The third-order valence-corrected chi connectivity index (χ3v) is 3.27. The van der Waals surface area contributed by atoms with E-state index in [0.717, 1.165) is 17.2 Å². The number of anilines is 1. The first-order valence-corrected chi connectivity index (χ1v) is 6.37. The van der Waals surface area contributed by atoms with Gasteiger partial charge in [0.2, 0.25) is 0 Å². The van der Waals surface area contributed by atoms with E-state index >= 15 is 0 Å². The van der Waals surface area contributed by atoms with Gasteiger partial charge in [0, 0.05) is 11.8 Å². The molecule has 0 saturated heterocycles. The maximum atomic E-state index is 10.7. The van der Waals surface area contributed by atoms with Gasteiger partial charge in [-0.15, -0.1) is 0 Å². The van der Waals surface area contributed by atoms with Gasteiger partial charge in [-0.1, -0.05) is 0 Å². The van der Waals surface area contributed by atoms with Gasteiger partial charge in [0.25, 0.3) is 5.69 Å². The minimum absolute atomic E-state index is 0.120. The predicted octanol–water partition coefficient (Wildman–Crippen LogP) is 3.71.